The highest BCUT2D eigenvalue weighted by Gasteiger charge is 2.32. The smallest absolute Gasteiger partial charge is 0.309 e. The van der Waals surface area contributed by atoms with Crippen molar-refractivity contribution in [3.05, 3.63) is 64.1 Å². The van der Waals surface area contributed by atoms with Gasteiger partial charge in [-0.3, -0.25) is 9.59 Å². The molecule has 1 aliphatic rings. The van der Waals surface area contributed by atoms with Crippen LogP contribution in [0, 0.1) is 5.92 Å². The largest absolute Gasteiger partial charge is 0.457 e. The van der Waals surface area contributed by atoms with E-state index in [9.17, 15) is 18.0 Å². The predicted molar refractivity (Wildman–Crippen MR) is 110 cm³/mol. The molecule has 9 heteroatoms. The van der Waals surface area contributed by atoms with E-state index < -0.39 is 28.5 Å². The van der Waals surface area contributed by atoms with E-state index in [4.69, 9.17) is 27.9 Å². The molecule has 0 unspecified atom stereocenters. The first kappa shape index (κ1) is 21.8. The molecule has 0 radical (unpaired) electrons. The molecule has 1 aliphatic heterocycles. The molecule has 1 heterocycles. The van der Waals surface area contributed by atoms with Crippen molar-refractivity contribution in [2.24, 2.45) is 5.92 Å². The summed E-state index contributed by atoms with van der Waals surface area (Å²) in [6.45, 7) is 0.0365. The average Bonchev–Trinajstić information content (AvgIpc) is 2.74. The van der Waals surface area contributed by atoms with Crippen LogP contribution in [0.3, 0.4) is 0 Å². The first-order chi connectivity index (χ1) is 13.8. The normalized spacial score (nSPS) is 15.8. The highest BCUT2D eigenvalue weighted by atomic mass is 35.5. The lowest BCUT2D eigenvalue weighted by molar-refractivity contribution is -0.148. The van der Waals surface area contributed by atoms with Crippen LogP contribution in [0.5, 0.6) is 0 Å². The van der Waals surface area contributed by atoms with E-state index in [-0.39, 0.29) is 28.8 Å². The Morgan fingerprint density at radius 3 is 2.28 bits per heavy atom. The van der Waals surface area contributed by atoms with E-state index in [2.05, 4.69) is 0 Å². The number of ether oxygens (including phenoxy) is 1. The van der Waals surface area contributed by atoms with Gasteiger partial charge in [-0.1, -0.05) is 41.4 Å². The number of carbonyl (C=O) groups is 2. The number of ketones is 1. The van der Waals surface area contributed by atoms with Crippen LogP contribution in [0.25, 0.3) is 0 Å². The Kier molecular flexibility index (Phi) is 6.95. The molecule has 6 nitrogen and oxygen atoms in total. The molecule has 0 aromatic heterocycles. The first-order valence-corrected chi connectivity index (χ1v) is 11.2. The van der Waals surface area contributed by atoms with Crippen molar-refractivity contribution < 1.29 is 22.7 Å². The van der Waals surface area contributed by atoms with Crippen molar-refractivity contribution in [1.82, 2.24) is 4.31 Å². The van der Waals surface area contributed by atoms with Gasteiger partial charge in [-0.25, -0.2) is 8.42 Å². The van der Waals surface area contributed by atoms with Gasteiger partial charge in [0.25, 0.3) is 0 Å². The molecule has 0 spiro atoms. The summed E-state index contributed by atoms with van der Waals surface area (Å²) in [4.78, 5) is 24.7. The maximum absolute atomic E-state index is 12.6. The van der Waals surface area contributed by atoms with Crippen LogP contribution in [-0.2, 0) is 19.6 Å². The molecule has 3 rings (SSSR count). The number of Topliss-reactive ketones (excluding diaryl/α,β-unsaturated/α-hetero) is 1. The number of nitrogens with zero attached hydrogens (tertiary/aromatic N) is 1. The number of carbonyl (C=O) groups excluding carboxylic acids is 2. The molecule has 2 aromatic carbocycles. The van der Waals surface area contributed by atoms with Crippen molar-refractivity contribution in [3.8, 4) is 0 Å². The maximum Gasteiger partial charge on any atom is 0.309 e. The third kappa shape index (κ3) is 5.17. The predicted octanol–water partition coefficient (Wildman–Crippen LogP) is 3.82. The van der Waals surface area contributed by atoms with Crippen molar-refractivity contribution in [2.45, 2.75) is 17.7 Å². The molecule has 0 saturated carbocycles. The summed E-state index contributed by atoms with van der Waals surface area (Å²) >= 11 is 11.7. The molecule has 0 N–H and O–H groups in total. The zero-order valence-corrected chi connectivity index (χ0v) is 17.7. The standard InChI is InChI=1S/C20H19Cl2NO5S/c21-17-7-6-15(12-18(17)22)19(24)13-28-20(25)14-8-10-23(11-9-14)29(26,27)16-4-2-1-3-5-16/h1-7,12,14H,8-11,13H2. The Morgan fingerprint density at radius 2 is 1.66 bits per heavy atom. The number of benzene rings is 2. The molecule has 0 aliphatic carbocycles. The third-order valence-electron chi connectivity index (χ3n) is 4.76. The van der Waals surface area contributed by atoms with Gasteiger partial charge in [0.2, 0.25) is 10.0 Å². The van der Waals surface area contributed by atoms with Gasteiger partial charge in [-0.15, -0.1) is 0 Å². The quantitative estimate of drug-likeness (QED) is 0.488. The lowest BCUT2D eigenvalue weighted by Gasteiger charge is -2.30. The minimum Gasteiger partial charge on any atom is -0.457 e. The van der Waals surface area contributed by atoms with Crippen LogP contribution in [0.15, 0.2) is 53.4 Å². The molecule has 0 bridgehead atoms. The maximum atomic E-state index is 12.6. The van der Waals surface area contributed by atoms with E-state index in [0.29, 0.717) is 23.4 Å². The fourth-order valence-corrected chi connectivity index (χ4v) is 4.87. The Hall–Kier alpha value is -1.93. The number of esters is 1. The SMILES string of the molecule is O=C(COC(=O)C1CCN(S(=O)(=O)c2ccccc2)CC1)c1ccc(Cl)c(Cl)c1. The van der Waals surface area contributed by atoms with Crippen LogP contribution < -0.4 is 0 Å². The topological polar surface area (TPSA) is 80.8 Å². The number of hydrogen-bond donors (Lipinski definition) is 0. The van der Waals surface area contributed by atoms with Crippen LogP contribution in [0.2, 0.25) is 10.0 Å². The number of sulfonamides is 1. The molecule has 0 atom stereocenters. The monoisotopic (exact) mass is 455 g/mol. The van der Waals surface area contributed by atoms with E-state index in [1.165, 1.54) is 22.5 Å². The summed E-state index contributed by atoms with van der Waals surface area (Å²) in [6.07, 6.45) is 0.678. The molecular formula is C20H19Cl2NO5S. The summed E-state index contributed by atoms with van der Waals surface area (Å²) < 4.78 is 31.8. The highest BCUT2D eigenvalue weighted by Crippen LogP contribution is 2.25. The summed E-state index contributed by atoms with van der Waals surface area (Å²) in [5.74, 6) is -1.34. The van der Waals surface area contributed by atoms with Crippen molar-refractivity contribution in [2.75, 3.05) is 19.7 Å². The molecular weight excluding hydrogens is 437 g/mol. The Balaban J connectivity index is 1.52. The summed E-state index contributed by atoms with van der Waals surface area (Å²) in [5, 5.41) is 0.577. The number of hydrogen-bond acceptors (Lipinski definition) is 5. The molecule has 1 fully saturated rings. The second-order valence-electron chi connectivity index (χ2n) is 6.65. The zero-order chi connectivity index (χ0) is 21.0. The molecule has 2 aromatic rings. The van der Waals surface area contributed by atoms with E-state index in [0.717, 1.165) is 0 Å². The van der Waals surface area contributed by atoms with E-state index in [1.54, 1.807) is 30.3 Å². The summed E-state index contributed by atoms with van der Waals surface area (Å²) in [5.41, 5.74) is 0.302. The molecule has 1 saturated heterocycles. The number of piperidine rings is 1. The van der Waals surface area contributed by atoms with Crippen LogP contribution in [0.1, 0.15) is 23.2 Å². The van der Waals surface area contributed by atoms with Crippen molar-refractivity contribution in [3.63, 3.8) is 0 Å². The number of rotatable bonds is 6. The second kappa shape index (κ2) is 9.26. The molecule has 154 valence electrons. The Morgan fingerprint density at radius 1 is 1.00 bits per heavy atom. The highest BCUT2D eigenvalue weighted by molar-refractivity contribution is 7.89. The second-order valence-corrected chi connectivity index (χ2v) is 9.40. The van der Waals surface area contributed by atoms with Crippen molar-refractivity contribution >= 4 is 45.0 Å². The Labute approximate surface area is 179 Å². The number of halogens is 2. The Bertz CT molecular complexity index is 1000. The van der Waals surface area contributed by atoms with Gasteiger partial charge >= 0.3 is 5.97 Å². The van der Waals surface area contributed by atoms with Gasteiger partial charge in [0.15, 0.2) is 12.4 Å². The lowest BCUT2D eigenvalue weighted by atomic mass is 9.98. The van der Waals surface area contributed by atoms with Gasteiger partial charge < -0.3 is 4.74 Å². The summed E-state index contributed by atoms with van der Waals surface area (Å²) in [6, 6.07) is 12.6. The van der Waals surface area contributed by atoms with Crippen LogP contribution >= 0.6 is 23.2 Å². The fourth-order valence-electron chi connectivity index (χ4n) is 3.08. The zero-order valence-electron chi connectivity index (χ0n) is 15.4. The molecule has 0 amide bonds. The minimum absolute atomic E-state index is 0.220. The molecule has 29 heavy (non-hydrogen) atoms. The van der Waals surface area contributed by atoms with Gasteiger partial charge in [0.1, 0.15) is 0 Å². The minimum atomic E-state index is -3.58. The van der Waals surface area contributed by atoms with Gasteiger partial charge in [0.05, 0.1) is 20.9 Å². The van der Waals surface area contributed by atoms with E-state index >= 15 is 0 Å². The van der Waals surface area contributed by atoms with Crippen molar-refractivity contribution in [1.29, 1.82) is 0 Å². The first-order valence-electron chi connectivity index (χ1n) is 8.99. The van der Waals surface area contributed by atoms with E-state index in [1.807, 2.05) is 0 Å². The lowest BCUT2D eigenvalue weighted by Crippen LogP contribution is -2.40. The van der Waals surface area contributed by atoms with Crippen LogP contribution in [0.4, 0.5) is 0 Å². The van der Waals surface area contributed by atoms with Gasteiger partial charge in [-0.05, 0) is 43.2 Å². The van der Waals surface area contributed by atoms with Crippen LogP contribution in [-0.4, -0.2) is 44.2 Å². The van der Waals surface area contributed by atoms with Gasteiger partial charge in [-0.2, -0.15) is 4.31 Å². The third-order valence-corrected chi connectivity index (χ3v) is 7.41. The fraction of sp³-hybridized carbons (Fsp3) is 0.300. The van der Waals surface area contributed by atoms with Gasteiger partial charge in [0, 0.05) is 18.7 Å². The average molecular weight is 456 g/mol. The summed E-state index contributed by atoms with van der Waals surface area (Å²) in [7, 11) is -3.58.